The van der Waals surface area contributed by atoms with Gasteiger partial charge in [-0.2, -0.15) is 10.1 Å². The standard InChI is InChI=1S/C18H31N5O.BrH/c1-17(2)22-15(19)21-16(20)23(17)24-5-3-4-18-9-12-6-13(10-18)8-14(7-12)11-18;/h12-14H,3-11H2,1-2H3,(H4,19,20,21,22);1H. The van der Waals surface area contributed by atoms with Gasteiger partial charge in [-0.3, -0.25) is 4.84 Å². The largest absolute Gasteiger partial charge is 0.368 e. The number of guanidine groups is 2. The van der Waals surface area contributed by atoms with E-state index in [0.717, 1.165) is 24.2 Å². The van der Waals surface area contributed by atoms with Gasteiger partial charge in [-0.25, -0.2) is 4.99 Å². The van der Waals surface area contributed by atoms with Gasteiger partial charge in [0.2, 0.25) is 11.9 Å². The molecule has 0 amide bonds. The van der Waals surface area contributed by atoms with E-state index in [1.807, 2.05) is 13.8 Å². The normalized spacial score (nSPS) is 38.2. The molecular formula is C18H32BrN5O. The van der Waals surface area contributed by atoms with E-state index < -0.39 is 5.66 Å². The molecule has 4 fully saturated rings. The predicted molar refractivity (Wildman–Crippen MR) is 105 cm³/mol. The lowest BCUT2D eigenvalue weighted by molar-refractivity contribution is -0.161. The molecule has 4 bridgehead atoms. The van der Waals surface area contributed by atoms with E-state index in [0.29, 0.717) is 18.0 Å². The van der Waals surface area contributed by atoms with Crippen molar-refractivity contribution in [2.75, 3.05) is 6.61 Å². The Kier molecular flexibility index (Phi) is 5.10. The molecule has 142 valence electrons. The summed E-state index contributed by atoms with van der Waals surface area (Å²) in [4.78, 5) is 14.3. The van der Waals surface area contributed by atoms with E-state index in [1.165, 1.54) is 44.9 Å². The number of rotatable bonds is 5. The molecule has 4 N–H and O–H groups in total. The number of halogens is 1. The number of hydrogen-bond acceptors (Lipinski definition) is 6. The fourth-order valence-corrected chi connectivity index (χ4v) is 6.22. The maximum Gasteiger partial charge on any atom is 0.226 e. The topological polar surface area (TPSA) is 89.2 Å². The molecular weight excluding hydrogens is 382 g/mol. The molecule has 5 rings (SSSR count). The summed E-state index contributed by atoms with van der Waals surface area (Å²) in [6.07, 6.45) is 11.2. The van der Waals surface area contributed by atoms with Crippen LogP contribution in [0.2, 0.25) is 0 Å². The summed E-state index contributed by atoms with van der Waals surface area (Å²) >= 11 is 0. The van der Waals surface area contributed by atoms with Crippen molar-refractivity contribution in [3.8, 4) is 0 Å². The molecule has 0 unspecified atom stereocenters. The Balaban J connectivity index is 0.00000182. The van der Waals surface area contributed by atoms with Crippen molar-refractivity contribution in [1.82, 2.24) is 5.06 Å². The molecule has 0 atom stereocenters. The van der Waals surface area contributed by atoms with Crippen LogP contribution in [0.1, 0.15) is 65.2 Å². The molecule has 0 saturated heterocycles. The third-order valence-corrected chi connectivity index (χ3v) is 6.56. The summed E-state index contributed by atoms with van der Waals surface area (Å²) in [6.45, 7) is 4.53. The van der Waals surface area contributed by atoms with Crippen LogP contribution < -0.4 is 11.5 Å². The zero-order chi connectivity index (χ0) is 16.9. The zero-order valence-electron chi connectivity index (χ0n) is 15.4. The van der Waals surface area contributed by atoms with Crippen LogP contribution in [0.25, 0.3) is 0 Å². The van der Waals surface area contributed by atoms with Crippen molar-refractivity contribution >= 4 is 28.9 Å². The highest BCUT2D eigenvalue weighted by Gasteiger charge is 2.50. The van der Waals surface area contributed by atoms with Crippen LogP contribution in [0.4, 0.5) is 0 Å². The Bertz CT molecular complexity index is 539. The number of nitrogens with zero attached hydrogens (tertiary/aromatic N) is 3. The first-order valence-electron chi connectivity index (χ1n) is 9.48. The summed E-state index contributed by atoms with van der Waals surface area (Å²) < 4.78 is 0. The lowest BCUT2D eigenvalue weighted by Crippen LogP contribution is -2.53. The van der Waals surface area contributed by atoms with E-state index >= 15 is 0 Å². The van der Waals surface area contributed by atoms with Crippen molar-refractivity contribution in [2.45, 2.75) is 70.9 Å². The number of aliphatic imine (C=N–C) groups is 2. The van der Waals surface area contributed by atoms with Crippen molar-refractivity contribution in [2.24, 2.45) is 44.6 Å². The second-order valence-electron chi connectivity index (χ2n) is 9.08. The van der Waals surface area contributed by atoms with E-state index in [4.69, 9.17) is 16.3 Å². The highest BCUT2D eigenvalue weighted by atomic mass is 79.9. The van der Waals surface area contributed by atoms with Crippen LogP contribution >= 0.6 is 17.0 Å². The van der Waals surface area contributed by atoms with Crippen LogP contribution in [0, 0.1) is 23.2 Å². The summed E-state index contributed by atoms with van der Waals surface area (Å²) in [5, 5.41) is 1.60. The molecule has 1 aliphatic heterocycles. The minimum absolute atomic E-state index is 0. The van der Waals surface area contributed by atoms with Gasteiger partial charge in [-0.15, -0.1) is 17.0 Å². The first-order chi connectivity index (χ1) is 11.4. The zero-order valence-corrected chi connectivity index (χ0v) is 17.1. The third kappa shape index (κ3) is 3.68. The third-order valence-electron chi connectivity index (χ3n) is 6.56. The predicted octanol–water partition coefficient (Wildman–Crippen LogP) is 3.17. The highest BCUT2D eigenvalue weighted by Crippen LogP contribution is 2.61. The van der Waals surface area contributed by atoms with Crippen LogP contribution in [0.5, 0.6) is 0 Å². The van der Waals surface area contributed by atoms with E-state index in [-0.39, 0.29) is 22.9 Å². The summed E-state index contributed by atoms with van der Waals surface area (Å²) in [5.74, 6) is 3.54. The molecule has 1 heterocycles. The van der Waals surface area contributed by atoms with Gasteiger partial charge < -0.3 is 11.5 Å². The number of nitrogens with two attached hydrogens (primary N) is 2. The molecule has 0 aromatic carbocycles. The first kappa shape index (κ1) is 19.0. The van der Waals surface area contributed by atoms with Crippen LogP contribution in [-0.2, 0) is 4.84 Å². The van der Waals surface area contributed by atoms with Crippen LogP contribution in [-0.4, -0.2) is 29.3 Å². The van der Waals surface area contributed by atoms with Gasteiger partial charge in [-0.05, 0) is 88.4 Å². The second-order valence-corrected chi connectivity index (χ2v) is 9.08. The average molecular weight is 414 g/mol. The summed E-state index contributed by atoms with van der Waals surface area (Å²) in [6, 6.07) is 0. The Labute approximate surface area is 161 Å². The number of hydrogen-bond donors (Lipinski definition) is 2. The van der Waals surface area contributed by atoms with Gasteiger partial charge in [-0.1, -0.05) is 0 Å². The minimum atomic E-state index is -0.601. The molecule has 4 aliphatic carbocycles. The Morgan fingerprint density at radius 3 is 2.16 bits per heavy atom. The Hall–Kier alpha value is -0.820. The van der Waals surface area contributed by atoms with Gasteiger partial charge in [0, 0.05) is 0 Å². The minimum Gasteiger partial charge on any atom is -0.368 e. The quantitative estimate of drug-likeness (QED) is 0.677. The lowest BCUT2D eigenvalue weighted by atomic mass is 9.48. The van der Waals surface area contributed by atoms with Gasteiger partial charge >= 0.3 is 0 Å². The van der Waals surface area contributed by atoms with E-state index in [9.17, 15) is 0 Å². The maximum absolute atomic E-state index is 5.96. The SMILES string of the molecule is Br.CC1(C)N=C(N)N=C(N)N1OCCCC12CC3CC(CC(C3)C1)C2. The summed E-state index contributed by atoms with van der Waals surface area (Å²) in [7, 11) is 0. The molecule has 0 aromatic heterocycles. The van der Waals surface area contributed by atoms with E-state index in [1.54, 1.807) is 5.06 Å². The molecule has 0 spiro atoms. The Morgan fingerprint density at radius 1 is 1.08 bits per heavy atom. The van der Waals surface area contributed by atoms with Crippen molar-refractivity contribution < 1.29 is 4.84 Å². The van der Waals surface area contributed by atoms with Crippen molar-refractivity contribution in [3.63, 3.8) is 0 Å². The molecule has 0 aromatic rings. The molecule has 4 saturated carbocycles. The fourth-order valence-electron chi connectivity index (χ4n) is 6.22. The van der Waals surface area contributed by atoms with Gasteiger partial charge in [0.15, 0.2) is 5.66 Å². The molecule has 0 radical (unpaired) electrons. The molecule has 6 nitrogen and oxygen atoms in total. The van der Waals surface area contributed by atoms with Gasteiger partial charge in [0.1, 0.15) is 0 Å². The average Bonchev–Trinajstić information content (AvgIpc) is 2.42. The molecule has 25 heavy (non-hydrogen) atoms. The maximum atomic E-state index is 5.96. The van der Waals surface area contributed by atoms with Crippen LogP contribution in [0.15, 0.2) is 9.98 Å². The second kappa shape index (κ2) is 6.72. The van der Waals surface area contributed by atoms with Crippen molar-refractivity contribution in [1.29, 1.82) is 0 Å². The first-order valence-corrected chi connectivity index (χ1v) is 9.48. The van der Waals surface area contributed by atoms with E-state index in [2.05, 4.69) is 9.98 Å². The smallest absolute Gasteiger partial charge is 0.226 e. The van der Waals surface area contributed by atoms with Gasteiger partial charge in [0.05, 0.1) is 6.61 Å². The Morgan fingerprint density at radius 2 is 1.64 bits per heavy atom. The summed E-state index contributed by atoms with van der Waals surface area (Å²) in [5.41, 5.74) is 11.7. The molecule has 5 aliphatic rings. The highest BCUT2D eigenvalue weighted by molar-refractivity contribution is 8.93. The van der Waals surface area contributed by atoms with Gasteiger partial charge in [0.25, 0.3) is 0 Å². The monoisotopic (exact) mass is 413 g/mol. The number of hydroxylamine groups is 2. The molecule has 7 heteroatoms. The fraction of sp³-hybridized carbons (Fsp3) is 0.889. The van der Waals surface area contributed by atoms with Crippen LogP contribution in [0.3, 0.4) is 0 Å². The van der Waals surface area contributed by atoms with Crippen molar-refractivity contribution in [3.05, 3.63) is 0 Å². The lowest BCUT2D eigenvalue weighted by Gasteiger charge is -2.57.